The van der Waals surface area contributed by atoms with Crippen molar-refractivity contribution in [3.8, 4) is 0 Å². The zero-order valence-electron chi connectivity index (χ0n) is 17.9. The van der Waals surface area contributed by atoms with Crippen LogP contribution in [-0.2, 0) is 22.5 Å². The van der Waals surface area contributed by atoms with Crippen LogP contribution in [-0.4, -0.2) is 52.4 Å². The van der Waals surface area contributed by atoms with Crippen LogP contribution < -0.4 is 15.8 Å². The number of ether oxygens (including phenoxy) is 1. The molecule has 0 spiro atoms. The highest BCUT2D eigenvalue weighted by Gasteiger charge is 2.23. The molecular formula is C21H29N5O3S. The Morgan fingerprint density at radius 2 is 2.07 bits per heavy atom. The molecule has 8 nitrogen and oxygen atoms in total. The average molecular weight is 432 g/mol. The number of H-pyrrole nitrogens is 1. The summed E-state index contributed by atoms with van der Waals surface area (Å²) in [5, 5.41) is 3.48. The van der Waals surface area contributed by atoms with E-state index in [1.807, 2.05) is 18.4 Å². The quantitative estimate of drug-likeness (QED) is 0.511. The lowest BCUT2D eigenvalue weighted by Gasteiger charge is -2.36. The number of aromatic amines is 1. The van der Waals surface area contributed by atoms with Crippen LogP contribution in [0.25, 0.3) is 0 Å². The Labute approximate surface area is 180 Å². The lowest BCUT2D eigenvalue weighted by molar-refractivity contribution is -0.121. The Kier molecular flexibility index (Phi) is 7.49. The summed E-state index contributed by atoms with van der Waals surface area (Å²) in [5.41, 5.74) is 1.98. The van der Waals surface area contributed by atoms with Crippen molar-refractivity contribution in [3.05, 3.63) is 45.5 Å². The molecule has 1 aliphatic heterocycles. The number of aromatic nitrogens is 3. The van der Waals surface area contributed by atoms with E-state index in [0.717, 1.165) is 24.5 Å². The number of nitrogens with zero attached hydrogens (tertiary/aromatic N) is 3. The van der Waals surface area contributed by atoms with Crippen molar-refractivity contribution in [2.45, 2.75) is 57.5 Å². The van der Waals surface area contributed by atoms with E-state index < -0.39 is 0 Å². The summed E-state index contributed by atoms with van der Waals surface area (Å²) in [6.07, 6.45) is 4.60. The van der Waals surface area contributed by atoms with Crippen LogP contribution in [0.15, 0.2) is 28.3 Å². The molecule has 1 saturated heterocycles. The van der Waals surface area contributed by atoms with Crippen LogP contribution in [0.5, 0.6) is 0 Å². The number of carbonyl (C=O) groups excluding carboxylic acids is 1. The first-order valence-corrected chi connectivity index (χ1v) is 11.3. The van der Waals surface area contributed by atoms with Crippen LogP contribution >= 0.6 is 11.8 Å². The third kappa shape index (κ3) is 5.82. The second-order valence-electron chi connectivity index (χ2n) is 7.60. The highest BCUT2D eigenvalue weighted by atomic mass is 32.2. The van der Waals surface area contributed by atoms with E-state index >= 15 is 0 Å². The Morgan fingerprint density at radius 3 is 2.67 bits per heavy atom. The van der Waals surface area contributed by atoms with Crippen LogP contribution in [0.4, 0.5) is 5.82 Å². The van der Waals surface area contributed by atoms with E-state index in [4.69, 9.17) is 4.74 Å². The van der Waals surface area contributed by atoms with Crippen LogP contribution in [0, 0.1) is 6.92 Å². The van der Waals surface area contributed by atoms with Gasteiger partial charge in [-0.1, -0.05) is 17.8 Å². The van der Waals surface area contributed by atoms with Crippen molar-refractivity contribution in [1.29, 1.82) is 0 Å². The highest BCUT2D eigenvalue weighted by molar-refractivity contribution is 7.98. The maximum Gasteiger partial charge on any atom is 0.254 e. The Morgan fingerprint density at radius 1 is 1.33 bits per heavy atom. The molecule has 3 rings (SSSR count). The minimum atomic E-state index is -0.175. The molecule has 0 aliphatic carbocycles. The van der Waals surface area contributed by atoms with Crippen molar-refractivity contribution >= 4 is 23.5 Å². The van der Waals surface area contributed by atoms with Crippen molar-refractivity contribution < 1.29 is 9.53 Å². The minimum absolute atomic E-state index is 0.109. The number of pyridine rings is 1. The maximum atomic E-state index is 12.2. The Balaban J connectivity index is 1.50. The van der Waals surface area contributed by atoms with Crippen molar-refractivity contribution in [1.82, 2.24) is 20.3 Å². The second-order valence-corrected chi connectivity index (χ2v) is 8.40. The van der Waals surface area contributed by atoms with Gasteiger partial charge in [-0.2, -0.15) is 0 Å². The Bertz CT molecular complexity index is 921. The van der Waals surface area contributed by atoms with Gasteiger partial charge in [0.25, 0.3) is 5.56 Å². The van der Waals surface area contributed by atoms with Gasteiger partial charge < -0.3 is 19.9 Å². The monoisotopic (exact) mass is 431 g/mol. The molecule has 0 aromatic carbocycles. The normalized spacial score (nSPS) is 19.0. The van der Waals surface area contributed by atoms with Gasteiger partial charge in [0.2, 0.25) is 5.91 Å². The van der Waals surface area contributed by atoms with Gasteiger partial charge in [0.05, 0.1) is 12.2 Å². The third-order valence-electron chi connectivity index (χ3n) is 5.04. The summed E-state index contributed by atoms with van der Waals surface area (Å²) in [7, 11) is 0. The standard InChI is InChI=1S/C21H29N5O3S/c1-13-11-26(12-14(2)29-13)18-7-5-16(9-22-18)10-23-19(27)8-6-17-15(3)24-21(30-4)25-20(17)28/h5,7,9,13-14H,6,8,10-12H2,1-4H3,(H,23,27)(H,24,25,28). The zero-order chi connectivity index (χ0) is 21.7. The van der Waals surface area contributed by atoms with E-state index in [1.54, 1.807) is 13.1 Å². The fraction of sp³-hybridized carbons (Fsp3) is 0.524. The number of hydrogen-bond donors (Lipinski definition) is 2. The number of carbonyl (C=O) groups is 1. The average Bonchev–Trinajstić information content (AvgIpc) is 2.71. The van der Waals surface area contributed by atoms with Crippen molar-refractivity contribution in [2.75, 3.05) is 24.2 Å². The third-order valence-corrected chi connectivity index (χ3v) is 5.62. The number of amides is 1. The molecule has 0 radical (unpaired) electrons. The fourth-order valence-electron chi connectivity index (χ4n) is 3.58. The van der Waals surface area contributed by atoms with Gasteiger partial charge in [0.15, 0.2) is 5.16 Å². The smallest absolute Gasteiger partial charge is 0.254 e. The number of rotatable bonds is 7. The molecular weight excluding hydrogens is 402 g/mol. The predicted octanol–water partition coefficient (Wildman–Crippen LogP) is 2.06. The molecule has 0 bridgehead atoms. The van der Waals surface area contributed by atoms with Gasteiger partial charge in [-0.25, -0.2) is 9.97 Å². The highest BCUT2D eigenvalue weighted by Crippen LogP contribution is 2.18. The molecule has 2 aromatic rings. The molecule has 9 heteroatoms. The van der Waals surface area contributed by atoms with E-state index in [0.29, 0.717) is 29.4 Å². The number of nitrogens with one attached hydrogen (secondary N) is 2. The van der Waals surface area contributed by atoms with Crippen molar-refractivity contribution in [2.24, 2.45) is 0 Å². The molecule has 2 aromatic heterocycles. The van der Waals surface area contributed by atoms with Crippen LogP contribution in [0.1, 0.15) is 37.1 Å². The lowest BCUT2D eigenvalue weighted by atomic mass is 10.1. The van der Waals surface area contributed by atoms with Gasteiger partial charge in [0, 0.05) is 43.5 Å². The number of anilines is 1. The minimum Gasteiger partial charge on any atom is -0.372 e. The number of aryl methyl sites for hydroxylation is 1. The Hall–Kier alpha value is -2.39. The zero-order valence-corrected chi connectivity index (χ0v) is 18.7. The van der Waals surface area contributed by atoms with E-state index in [-0.39, 0.29) is 30.1 Å². The lowest BCUT2D eigenvalue weighted by Crippen LogP contribution is -2.45. The maximum absolute atomic E-state index is 12.2. The molecule has 30 heavy (non-hydrogen) atoms. The fourth-order valence-corrected chi connectivity index (χ4v) is 4.00. The molecule has 2 atom stereocenters. The predicted molar refractivity (Wildman–Crippen MR) is 118 cm³/mol. The first kappa shape index (κ1) is 22.3. The topological polar surface area (TPSA) is 100 Å². The number of thioether (sulfide) groups is 1. The summed E-state index contributed by atoms with van der Waals surface area (Å²) >= 11 is 1.38. The van der Waals surface area contributed by atoms with Gasteiger partial charge >= 0.3 is 0 Å². The van der Waals surface area contributed by atoms with Crippen molar-refractivity contribution in [3.63, 3.8) is 0 Å². The molecule has 2 unspecified atom stereocenters. The van der Waals surface area contributed by atoms with Gasteiger partial charge in [0.1, 0.15) is 5.82 Å². The summed E-state index contributed by atoms with van der Waals surface area (Å²) in [5.74, 6) is 0.811. The summed E-state index contributed by atoms with van der Waals surface area (Å²) in [4.78, 5) is 38.2. The van der Waals surface area contributed by atoms with Gasteiger partial charge in [-0.15, -0.1) is 0 Å². The first-order valence-electron chi connectivity index (χ1n) is 10.1. The first-order chi connectivity index (χ1) is 14.4. The molecule has 1 fully saturated rings. The largest absolute Gasteiger partial charge is 0.372 e. The van der Waals surface area contributed by atoms with Crippen LogP contribution in [0.2, 0.25) is 0 Å². The molecule has 3 heterocycles. The van der Waals surface area contributed by atoms with Gasteiger partial charge in [-0.05, 0) is 45.1 Å². The van der Waals surface area contributed by atoms with Crippen LogP contribution in [0.3, 0.4) is 0 Å². The molecule has 162 valence electrons. The van der Waals surface area contributed by atoms with E-state index in [9.17, 15) is 9.59 Å². The summed E-state index contributed by atoms with van der Waals surface area (Å²) in [6.45, 7) is 7.97. The number of morpholine rings is 1. The number of hydrogen-bond acceptors (Lipinski definition) is 7. The molecule has 2 N–H and O–H groups in total. The molecule has 0 saturated carbocycles. The summed E-state index contributed by atoms with van der Waals surface area (Å²) in [6, 6.07) is 3.96. The van der Waals surface area contributed by atoms with E-state index in [2.05, 4.69) is 39.0 Å². The molecule has 1 aliphatic rings. The SMILES string of the molecule is CSc1nc(C)c(CCC(=O)NCc2ccc(N3CC(C)OC(C)C3)nc2)c(=O)[nH]1. The second kappa shape index (κ2) is 10.1. The molecule has 1 amide bonds. The van der Waals surface area contributed by atoms with Gasteiger partial charge in [-0.3, -0.25) is 9.59 Å². The van der Waals surface area contributed by atoms with E-state index in [1.165, 1.54) is 11.8 Å². The summed E-state index contributed by atoms with van der Waals surface area (Å²) < 4.78 is 5.76.